The molecule has 3 rings (SSSR count). The number of unbranched alkanes of at least 4 members (excludes halogenated alkanes) is 1. The summed E-state index contributed by atoms with van der Waals surface area (Å²) < 4.78 is 17.4. The van der Waals surface area contributed by atoms with Gasteiger partial charge in [0, 0.05) is 6.42 Å². The van der Waals surface area contributed by atoms with Crippen LogP contribution in [-0.2, 0) is 11.2 Å². The number of benzene rings is 2. The van der Waals surface area contributed by atoms with Crippen LogP contribution in [0.4, 0.5) is 0 Å². The van der Waals surface area contributed by atoms with Crippen LogP contribution in [0.25, 0.3) is 0 Å². The molecule has 0 saturated heterocycles. The van der Waals surface area contributed by atoms with Gasteiger partial charge in [-0.1, -0.05) is 24.3 Å². The molecule has 5 nitrogen and oxygen atoms in total. The van der Waals surface area contributed by atoms with E-state index in [0.29, 0.717) is 19.6 Å². The zero-order valence-corrected chi connectivity index (χ0v) is 14.0. The molecule has 0 amide bonds. The molecule has 1 aliphatic rings. The first kappa shape index (κ1) is 17.1. The Hall–Kier alpha value is -2.69. The molecule has 2 aromatic rings. The van der Waals surface area contributed by atoms with Crippen molar-refractivity contribution in [3.05, 3.63) is 54.1 Å². The highest BCUT2D eigenvalue weighted by Gasteiger charge is 2.21. The fraction of sp³-hybridized carbons (Fsp3) is 0.350. The van der Waals surface area contributed by atoms with E-state index in [-0.39, 0.29) is 12.5 Å². The van der Waals surface area contributed by atoms with Gasteiger partial charge in [-0.2, -0.15) is 0 Å². The van der Waals surface area contributed by atoms with Crippen LogP contribution >= 0.6 is 0 Å². The molecule has 0 saturated carbocycles. The van der Waals surface area contributed by atoms with Gasteiger partial charge in [-0.15, -0.1) is 0 Å². The Balaban J connectivity index is 1.47. The number of carboxylic acid groups (broad SMARTS) is 1. The molecule has 0 spiro atoms. The first-order chi connectivity index (χ1) is 12.2. The number of hydrogen-bond acceptors (Lipinski definition) is 4. The number of carboxylic acids is 1. The lowest BCUT2D eigenvalue weighted by Crippen LogP contribution is -2.34. The molecule has 1 aliphatic heterocycles. The average Bonchev–Trinajstić information content (AvgIpc) is 2.64. The van der Waals surface area contributed by atoms with Crippen LogP contribution in [0.2, 0.25) is 0 Å². The number of para-hydroxylation sites is 2. The highest BCUT2D eigenvalue weighted by atomic mass is 16.6. The Morgan fingerprint density at radius 1 is 1.12 bits per heavy atom. The molecular formula is C20H22O5. The third-order valence-electron chi connectivity index (χ3n) is 4.01. The van der Waals surface area contributed by atoms with Gasteiger partial charge >= 0.3 is 5.97 Å². The highest BCUT2D eigenvalue weighted by molar-refractivity contribution is 5.66. The number of fused-ring (bicyclic) bond motifs is 1. The largest absolute Gasteiger partial charge is 0.490 e. The number of aryl methyl sites for hydroxylation is 1. The van der Waals surface area contributed by atoms with Gasteiger partial charge in [0.05, 0.1) is 0 Å². The van der Waals surface area contributed by atoms with E-state index in [4.69, 9.17) is 19.3 Å². The lowest BCUT2D eigenvalue weighted by atomic mass is 10.1. The Kier molecular flexibility index (Phi) is 5.77. The van der Waals surface area contributed by atoms with Gasteiger partial charge in [0.25, 0.3) is 0 Å². The van der Waals surface area contributed by atoms with Crippen LogP contribution in [0.1, 0.15) is 24.8 Å². The van der Waals surface area contributed by atoms with Crippen molar-refractivity contribution < 1.29 is 24.1 Å². The maximum atomic E-state index is 10.5. The predicted molar refractivity (Wildman–Crippen MR) is 93.5 cm³/mol. The fourth-order valence-corrected chi connectivity index (χ4v) is 2.73. The summed E-state index contributed by atoms with van der Waals surface area (Å²) in [6, 6.07) is 15.5. The van der Waals surface area contributed by atoms with Crippen molar-refractivity contribution in [2.24, 2.45) is 0 Å². The molecule has 0 radical (unpaired) electrons. The average molecular weight is 342 g/mol. The third-order valence-corrected chi connectivity index (χ3v) is 4.01. The summed E-state index contributed by atoms with van der Waals surface area (Å²) in [4.78, 5) is 10.5. The molecule has 0 aromatic heterocycles. The van der Waals surface area contributed by atoms with Gasteiger partial charge in [-0.3, -0.25) is 4.79 Å². The number of ether oxygens (including phenoxy) is 3. The van der Waals surface area contributed by atoms with Crippen LogP contribution in [0, 0.1) is 0 Å². The fourth-order valence-electron chi connectivity index (χ4n) is 2.73. The maximum absolute atomic E-state index is 10.5. The lowest BCUT2D eigenvalue weighted by Gasteiger charge is -2.26. The van der Waals surface area contributed by atoms with Crippen LogP contribution in [-0.4, -0.2) is 30.4 Å². The van der Waals surface area contributed by atoms with Crippen molar-refractivity contribution >= 4 is 5.97 Å². The molecule has 1 unspecified atom stereocenters. The van der Waals surface area contributed by atoms with Crippen molar-refractivity contribution in [2.45, 2.75) is 31.8 Å². The zero-order valence-electron chi connectivity index (χ0n) is 14.0. The molecule has 0 aliphatic carbocycles. The SMILES string of the molecule is O=C(O)CCCCc1cccc(OCC2COc3ccccc3O2)c1. The molecule has 0 bridgehead atoms. The quantitative estimate of drug-likeness (QED) is 0.741. The van der Waals surface area contributed by atoms with E-state index in [1.54, 1.807) is 0 Å². The maximum Gasteiger partial charge on any atom is 0.303 e. The van der Waals surface area contributed by atoms with Gasteiger partial charge in [-0.25, -0.2) is 0 Å². The van der Waals surface area contributed by atoms with Crippen molar-refractivity contribution in [1.29, 1.82) is 0 Å². The van der Waals surface area contributed by atoms with Crippen molar-refractivity contribution in [2.75, 3.05) is 13.2 Å². The summed E-state index contributed by atoms with van der Waals surface area (Å²) >= 11 is 0. The van der Waals surface area contributed by atoms with Gasteiger partial charge in [0.15, 0.2) is 17.6 Å². The Morgan fingerprint density at radius 2 is 1.96 bits per heavy atom. The first-order valence-corrected chi connectivity index (χ1v) is 8.53. The molecule has 132 valence electrons. The van der Waals surface area contributed by atoms with Crippen LogP contribution in [0.5, 0.6) is 17.2 Å². The van der Waals surface area contributed by atoms with E-state index in [1.807, 2.05) is 48.5 Å². The van der Waals surface area contributed by atoms with Gasteiger partial charge in [0.1, 0.15) is 19.0 Å². The number of carbonyl (C=O) groups is 1. The van der Waals surface area contributed by atoms with Crippen LogP contribution in [0.3, 0.4) is 0 Å². The second-order valence-corrected chi connectivity index (χ2v) is 6.06. The predicted octanol–water partition coefficient (Wildman–Crippen LogP) is 3.70. The lowest BCUT2D eigenvalue weighted by molar-refractivity contribution is -0.137. The van der Waals surface area contributed by atoms with Crippen LogP contribution < -0.4 is 14.2 Å². The Bertz CT molecular complexity index is 713. The van der Waals surface area contributed by atoms with Gasteiger partial charge in [-0.05, 0) is 49.1 Å². The third kappa shape index (κ3) is 5.14. The summed E-state index contributed by atoms with van der Waals surface area (Å²) in [5, 5.41) is 8.67. The Labute approximate surface area is 147 Å². The normalized spacial score (nSPS) is 15.6. The van der Waals surface area contributed by atoms with Crippen molar-refractivity contribution in [3.63, 3.8) is 0 Å². The van der Waals surface area contributed by atoms with E-state index in [2.05, 4.69) is 0 Å². The van der Waals surface area contributed by atoms with Gasteiger partial charge < -0.3 is 19.3 Å². The summed E-state index contributed by atoms with van der Waals surface area (Å²) in [5.74, 6) is 1.56. The molecule has 25 heavy (non-hydrogen) atoms. The van der Waals surface area contributed by atoms with E-state index < -0.39 is 5.97 Å². The summed E-state index contributed by atoms with van der Waals surface area (Å²) in [5.41, 5.74) is 1.15. The van der Waals surface area contributed by atoms with Crippen molar-refractivity contribution in [3.8, 4) is 17.2 Å². The summed E-state index contributed by atoms with van der Waals surface area (Å²) in [6.07, 6.45) is 2.46. The summed E-state index contributed by atoms with van der Waals surface area (Å²) in [6.45, 7) is 0.878. The monoisotopic (exact) mass is 342 g/mol. The summed E-state index contributed by atoms with van der Waals surface area (Å²) in [7, 11) is 0. The van der Waals surface area contributed by atoms with Crippen molar-refractivity contribution in [1.82, 2.24) is 0 Å². The zero-order chi connectivity index (χ0) is 17.5. The molecule has 5 heteroatoms. The van der Waals surface area contributed by atoms with E-state index >= 15 is 0 Å². The molecule has 1 N–H and O–H groups in total. The minimum Gasteiger partial charge on any atom is -0.490 e. The van der Waals surface area contributed by atoms with Gasteiger partial charge in [0.2, 0.25) is 0 Å². The molecule has 2 aromatic carbocycles. The van der Waals surface area contributed by atoms with E-state index in [9.17, 15) is 4.79 Å². The highest BCUT2D eigenvalue weighted by Crippen LogP contribution is 2.31. The van der Waals surface area contributed by atoms with E-state index in [0.717, 1.165) is 35.7 Å². The second kappa shape index (κ2) is 8.42. The molecule has 0 fully saturated rings. The number of aliphatic carboxylic acids is 1. The molecule has 1 heterocycles. The number of rotatable bonds is 8. The molecular weight excluding hydrogens is 320 g/mol. The smallest absolute Gasteiger partial charge is 0.303 e. The standard InChI is InChI=1S/C20H22O5/c21-20(22)11-4-1-6-15-7-5-8-16(12-15)23-13-17-14-24-18-9-2-3-10-19(18)25-17/h2-3,5,7-10,12,17H,1,4,6,11,13-14H2,(H,21,22). The molecule has 1 atom stereocenters. The Morgan fingerprint density at radius 3 is 2.80 bits per heavy atom. The second-order valence-electron chi connectivity index (χ2n) is 6.06. The number of hydrogen-bond donors (Lipinski definition) is 1. The van der Waals surface area contributed by atoms with Crippen LogP contribution in [0.15, 0.2) is 48.5 Å². The minimum absolute atomic E-state index is 0.144. The van der Waals surface area contributed by atoms with E-state index in [1.165, 1.54) is 0 Å². The minimum atomic E-state index is -0.742. The topological polar surface area (TPSA) is 65.0 Å². The first-order valence-electron chi connectivity index (χ1n) is 8.53.